The lowest BCUT2D eigenvalue weighted by molar-refractivity contribution is 0.137. The molecule has 0 radical (unpaired) electrons. The minimum Gasteiger partial charge on any atom is -0.389 e. The highest BCUT2D eigenvalue weighted by Crippen LogP contribution is 2.36. The molecule has 0 aliphatic heterocycles. The Kier molecular flexibility index (Phi) is 3.94. The van der Waals surface area contributed by atoms with Gasteiger partial charge >= 0.3 is 0 Å². The summed E-state index contributed by atoms with van der Waals surface area (Å²) in [5.41, 5.74) is 1.70. The van der Waals surface area contributed by atoms with E-state index in [1.807, 2.05) is 12.2 Å². The van der Waals surface area contributed by atoms with E-state index in [1.165, 1.54) is 5.57 Å². The molecule has 1 atom stereocenters. The molecule has 0 saturated carbocycles. The fraction of sp³-hybridized carbons (Fsp3) is 0.692. The number of unbranched alkanes of at least 4 members (excludes halogenated alkanes) is 1. The number of rotatable bonds is 4. The molecule has 14 heavy (non-hydrogen) atoms. The van der Waals surface area contributed by atoms with Crippen molar-refractivity contribution in [3.05, 3.63) is 24.3 Å². The summed E-state index contributed by atoms with van der Waals surface area (Å²) in [6, 6.07) is 0. The van der Waals surface area contributed by atoms with Crippen LogP contribution >= 0.6 is 0 Å². The van der Waals surface area contributed by atoms with E-state index in [0.717, 1.165) is 32.1 Å². The summed E-state index contributed by atoms with van der Waals surface area (Å²) >= 11 is 0. The van der Waals surface area contributed by atoms with E-state index in [2.05, 4.69) is 20.4 Å². The molecule has 1 aliphatic carbocycles. The molecule has 0 fully saturated rings. The fourth-order valence-electron chi connectivity index (χ4n) is 2.29. The van der Waals surface area contributed by atoms with E-state index in [1.54, 1.807) is 0 Å². The van der Waals surface area contributed by atoms with Crippen LogP contribution in [0.1, 0.15) is 46.0 Å². The van der Waals surface area contributed by atoms with Crippen LogP contribution in [0.2, 0.25) is 0 Å². The lowest BCUT2D eigenvalue weighted by Crippen LogP contribution is -2.24. The molecule has 1 heteroatoms. The van der Waals surface area contributed by atoms with Crippen LogP contribution in [0.3, 0.4) is 0 Å². The summed E-state index contributed by atoms with van der Waals surface area (Å²) < 4.78 is 0. The summed E-state index contributed by atoms with van der Waals surface area (Å²) in [5.74, 6) is 0. The Hall–Kier alpha value is -0.560. The van der Waals surface area contributed by atoms with Crippen LogP contribution in [-0.2, 0) is 0 Å². The average molecular weight is 194 g/mol. The van der Waals surface area contributed by atoms with Crippen LogP contribution in [0.5, 0.6) is 0 Å². The van der Waals surface area contributed by atoms with E-state index in [9.17, 15) is 5.11 Å². The van der Waals surface area contributed by atoms with Gasteiger partial charge in [-0.3, -0.25) is 0 Å². The van der Waals surface area contributed by atoms with Gasteiger partial charge in [0.15, 0.2) is 0 Å². The van der Waals surface area contributed by atoms with Crippen molar-refractivity contribution >= 4 is 0 Å². The van der Waals surface area contributed by atoms with Crippen LogP contribution < -0.4 is 0 Å². The van der Waals surface area contributed by atoms with Gasteiger partial charge in [0.1, 0.15) is 0 Å². The molecule has 80 valence electrons. The largest absolute Gasteiger partial charge is 0.389 e. The fourth-order valence-corrected chi connectivity index (χ4v) is 2.29. The van der Waals surface area contributed by atoms with Crippen molar-refractivity contribution in [3.63, 3.8) is 0 Å². The second-order valence-corrected chi connectivity index (χ2v) is 5.12. The molecule has 1 unspecified atom stereocenters. The molecule has 0 aromatic carbocycles. The van der Waals surface area contributed by atoms with Crippen molar-refractivity contribution in [2.45, 2.75) is 52.1 Å². The third-order valence-electron chi connectivity index (χ3n) is 2.80. The predicted octanol–water partition coefficient (Wildman–Crippen LogP) is 3.45. The molecule has 1 N–H and O–H groups in total. The topological polar surface area (TPSA) is 20.2 Å². The van der Waals surface area contributed by atoms with Crippen molar-refractivity contribution in [2.75, 3.05) is 0 Å². The maximum Gasteiger partial charge on any atom is 0.0728 e. The minimum atomic E-state index is -0.225. The number of hydrogen-bond acceptors (Lipinski definition) is 1. The van der Waals surface area contributed by atoms with Gasteiger partial charge in [-0.25, -0.2) is 0 Å². The number of aliphatic hydroxyl groups excluding tert-OH is 1. The first kappa shape index (κ1) is 11.5. The van der Waals surface area contributed by atoms with Crippen molar-refractivity contribution in [1.82, 2.24) is 0 Å². The highest BCUT2D eigenvalue weighted by atomic mass is 16.3. The van der Waals surface area contributed by atoms with Gasteiger partial charge in [0.05, 0.1) is 6.10 Å². The van der Waals surface area contributed by atoms with Gasteiger partial charge in [0.2, 0.25) is 0 Å². The van der Waals surface area contributed by atoms with E-state index in [0.29, 0.717) is 0 Å². The van der Waals surface area contributed by atoms with E-state index < -0.39 is 0 Å². The molecular formula is C13H22O. The first-order valence-electron chi connectivity index (χ1n) is 5.52. The smallest absolute Gasteiger partial charge is 0.0728 e. The van der Waals surface area contributed by atoms with Gasteiger partial charge in [0.25, 0.3) is 0 Å². The number of aliphatic hydroxyl groups is 1. The SMILES string of the molecule is C=CCCCC1=CC(O)CC(C)(C)C1. The standard InChI is InChI=1S/C13H22O/c1-4-5-6-7-11-8-12(14)10-13(2,3)9-11/h4,8,12,14H,1,5-7,9-10H2,2-3H3. The Morgan fingerprint density at radius 1 is 1.64 bits per heavy atom. The Morgan fingerprint density at radius 3 is 2.93 bits per heavy atom. The van der Waals surface area contributed by atoms with Crippen LogP contribution in [-0.4, -0.2) is 11.2 Å². The number of allylic oxidation sites excluding steroid dienone is 2. The Labute approximate surface area is 87.5 Å². The Morgan fingerprint density at radius 2 is 2.36 bits per heavy atom. The maximum atomic E-state index is 9.68. The predicted molar refractivity (Wildman–Crippen MR) is 61.2 cm³/mol. The molecule has 1 aliphatic rings. The summed E-state index contributed by atoms with van der Waals surface area (Å²) in [6.07, 6.45) is 9.19. The van der Waals surface area contributed by atoms with Crippen molar-refractivity contribution in [1.29, 1.82) is 0 Å². The summed E-state index contributed by atoms with van der Waals surface area (Å²) in [4.78, 5) is 0. The van der Waals surface area contributed by atoms with Crippen molar-refractivity contribution in [3.8, 4) is 0 Å². The van der Waals surface area contributed by atoms with Crippen molar-refractivity contribution < 1.29 is 5.11 Å². The van der Waals surface area contributed by atoms with Crippen LogP contribution in [0.25, 0.3) is 0 Å². The maximum absolute atomic E-state index is 9.68. The average Bonchev–Trinajstić information content (AvgIpc) is 2.00. The second kappa shape index (κ2) is 4.79. The van der Waals surface area contributed by atoms with Gasteiger partial charge < -0.3 is 5.11 Å². The van der Waals surface area contributed by atoms with E-state index in [-0.39, 0.29) is 11.5 Å². The molecular weight excluding hydrogens is 172 g/mol. The van der Waals surface area contributed by atoms with Crippen LogP contribution in [0.15, 0.2) is 24.3 Å². The first-order valence-corrected chi connectivity index (χ1v) is 5.52. The lowest BCUT2D eigenvalue weighted by atomic mass is 9.75. The Balaban J connectivity index is 2.47. The van der Waals surface area contributed by atoms with Gasteiger partial charge in [0, 0.05) is 0 Å². The molecule has 0 amide bonds. The zero-order chi connectivity index (χ0) is 10.6. The third-order valence-corrected chi connectivity index (χ3v) is 2.80. The van der Waals surface area contributed by atoms with Gasteiger partial charge in [-0.1, -0.05) is 31.6 Å². The normalized spacial score (nSPS) is 25.6. The molecule has 1 nitrogen and oxygen atoms in total. The quantitative estimate of drug-likeness (QED) is 0.537. The zero-order valence-corrected chi connectivity index (χ0v) is 9.42. The molecule has 1 rings (SSSR count). The van der Waals surface area contributed by atoms with Gasteiger partial charge in [-0.2, -0.15) is 0 Å². The highest BCUT2D eigenvalue weighted by Gasteiger charge is 2.26. The third kappa shape index (κ3) is 3.67. The van der Waals surface area contributed by atoms with E-state index >= 15 is 0 Å². The number of hydrogen-bond donors (Lipinski definition) is 1. The summed E-state index contributed by atoms with van der Waals surface area (Å²) in [7, 11) is 0. The van der Waals surface area contributed by atoms with Gasteiger partial charge in [-0.05, 0) is 37.5 Å². The summed E-state index contributed by atoms with van der Waals surface area (Å²) in [5, 5.41) is 9.68. The highest BCUT2D eigenvalue weighted by molar-refractivity contribution is 5.12. The van der Waals surface area contributed by atoms with Crippen LogP contribution in [0.4, 0.5) is 0 Å². The molecule has 0 spiro atoms. The summed E-state index contributed by atoms with van der Waals surface area (Å²) in [6.45, 7) is 8.18. The van der Waals surface area contributed by atoms with Crippen molar-refractivity contribution in [2.24, 2.45) is 5.41 Å². The molecule has 0 aromatic heterocycles. The minimum absolute atomic E-state index is 0.225. The molecule has 0 bridgehead atoms. The zero-order valence-electron chi connectivity index (χ0n) is 9.42. The lowest BCUT2D eigenvalue weighted by Gasteiger charge is -2.32. The van der Waals surface area contributed by atoms with Crippen LogP contribution in [0, 0.1) is 5.41 Å². The molecule has 0 saturated heterocycles. The molecule has 0 aromatic rings. The van der Waals surface area contributed by atoms with E-state index in [4.69, 9.17) is 0 Å². The first-order chi connectivity index (χ1) is 6.53. The monoisotopic (exact) mass is 194 g/mol. The van der Waals surface area contributed by atoms with Gasteiger partial charge in [-0.15, -0.1) is 6.58 Å². The molecule has 0 heterocycles. The Bertz CT molecular complexity index is 225. The second-order valence-electron chi connectivity index (χ2n) is 5.12.